The maximum Gasteiger partial charge on any atom is 0.337 e. The monoisotopic (exact) mass is 355 g/mol. The minimum absolute atomic E-state index is 0.158. The van der Waals surface area contributed by atoms with Crippen LogP contribution in [0.15, 0.2) is 23.0 Å². The lowest BCUT2D eigenvalue weighted by Gasteiger charge is -2.41. The van der Waals surface area contributed by atoms with Gasteiger partial charge in [-0.15, -0.1) is 0 Å². The summed E-state index contributed by atoms with van der Waals surface area (Å²) < 4.78 is 4.76. The van der Waals surface area contributed by atoms with Crippen LogP contribution in [0, 0.1) is 11.8 Å². The van der Waals surface area contributed by atoms with Crippen LogP contribution in [0.1, 0.15) is 48.3 Å². The minimum Gasteiger partial charge on any atom is -0.465 e. The number of ether oxygens (including phenoxy) is 1. The normalized spacial score (nSPS) is 23.6. The van der Waals surface area contributed by atoms with Crippen molar-refractivity contribution >= 4 is 16.9 Å². The summed E-state index contributed by atoms with van der Waals surface area (Å²) in [5, 5.41) is 0.493. The highest BCUT2D eigenvalue weighted by Crippen LogP contribution is 2.36. The van der Waals surface area contributed by atoms with Crippen LogP contribution in [0.25, 0.3) is 10.9 Å². The van der Waals surface area contributed by atoms with Crippen LogP contribution in [-0.4, -0.2) is 41.0 Å². The maximum atomic E-state index is 12.4. The number of esters is 1. The number of aromatic amines is 1. The molecule has 4 rings (SSSR count). The van der Waals surface area contributed by atoms with Gasteiger partial charge in [0.2, 0.25) is 0 Å². The van der Waals surface area contributed by atoms with Crippen molar-refractivity contribution in [3.05, 3.63) is 39.9 Å². The lowest BCUT2D eigenvalue weighted by atomic mass is 9.75. The molecule has 1 aliphatic heterocycles. The largest absolute Gasteiger partial charge is 0.465 e. The fourth-order valence-corrected chi connectivity index (χ4v) is 4.54. The topological polar surface area (TPSA) is 75.3 Å². The molecule has 2 aromatic rings. The van der Waals surface area contributed by atoms with E-state index in [2.05, 4.69) is 14.9 Å². The first-order chi connectivity index (χ1) is 12.6. The number of nitrogens with one attached hydrogen (secondary N) is 1. The summed E-state index contributed by atoms with van der Waals surface area (Å²) in [4.78, 5) is 34.0. The van der Waals surface area contributed by atoms with Gasteiger partial charge in [-0.25, -0.2) is 9.78 Å². The first kappa shape index (κ1) is 17.2. The van der Waals surface area contributed by atoms with Crippen molar-refractivity contribution in [3.63, 3.8) is 0 Å². The van der Waals surface area contributed by atoms with Gasteiger partial charge in [-0.05, 0) is 49.4 Å². The lowest BCUT2D eigenvalue weighted by Crippen LogP contribution is -2.41. The van der Waals surface area contributed by atoms with Crippen molar-refractivity contribution in [2.75, 3.05) is 20.2 Å². The number of H-pyrrole nitrogens is 1. The number of methoxy groups -OCH3 is 1. The zero-order valence-electron chi connectivity index (χ0n) is 15.2. The van der Waals surface area contributed by atoms with Crippen molar-refractivity contribution in [1.29, 1.82) is 0 Å². The van der Waals surface area contributed by atoms with E-state index in [1.807, 2.05) is 0 Å². The van der Waals surface area contributed by atoms with E-state index in [-0.39, 0.29) is 5.56 Å². The minimum atomic E-state index is -0.421. The highest BCUT2D eigenvalue weighted by Gasteiger charge is 2.31. The van der Waals surface area contributed by atoms with E-state index >= 15 is 0 Å². The van der Waals surface area contributed by atoms with Crippen LogP contribution < -0.4 is 5.56 Å². The van der Waals surface area contributed by atoms with Gasteiger partial charge in [0, 0.05) is 6.54 Å². The number of piperidine rings is 1. The molecule has 6 heteroatoms. The number of likely N-dealkylation sites (tertiary alicyclic amines) is 1. The number of carbonyl (C=O) groups excluding carboxylic acids is 1. The summed E-state index contributed by atoms with van der Waals surface area (Å²) >= 11 is 0. The van der Waals surface area contributed by atoms with E-state index in [4.69, 9.17) is 4.74 Å². The first-order valence-corrected chi connectivity index (χ1v) is 9.47. The number of fused-ring (bicyclic) bond motifs is 2. The zero-order valence-corrected chi connectivity index (χ0v) is 15.2. The number of nitrogens with zero attached hydrogens (tertiary/aromatic N) is 2. The first-order valence-electron chi connectivity index (χ1n) is 9.47. The summed E-state index contributed by atoms with van der Waals surface area (Å²) in [5.74, 6) is 1.91. The Labute approximate surface area is 152 Å². The molecule has 1 aromatic heterocycles. The number of carbonyl (C=O) groups is 1. The van der Waals surface area contributed by atoms with Crippen LogP contribution >= 0.6 is 0 Å². The van der Waals surface area contributed by atoms with Crippen LogP contribution in [0.3, 0.4) is 0 Å². The third kappa shape index (κ3) is 3.38. The van der Waals surface area contributed by atoms with Crippen LogP contribution in [0.2, 0.25) is 0 Å². The van der Waals surface area contributed by atoms with Crippen molar-refractivity contribution in [3.8, 4) is 0 Å². The number of rotatable bonds is 3. The van der Waals surface area contributed by atoms with Crippen molar-refractivity contribution in [2.45, 2.75) is 38.6 Å². The summed E-state index contributed by atoms with van der Waals surface area (Å²) in [6.45, 7) is 2.80. The molecule has 1 saturated carbocycles. The molecule has 2 atom stereocenters. The Hall–Kier alpha value is -2.21. The molecule has 26 heavy (non-hydrogen) atoms. The number of aromatic nitrogens is 2. The predicted octanol–water partition coefficient (Wildman–Crippen LogP) is 2.72. The molecule has 2 fully saturated rings. The molecule has 1 aromatic carbocycles. The van der Waals surface area contributed by atoms with E-state index in [0.29, 0.717) is 28.8 Å². The molecule has 138 valence electrons. The molecule has 0 amide bonds. The van der Waals surface area contributed by atoms with Crippen LogP contribution in [-0.2, 0) is 11.3 Å². The van der Waals surface area contributed by atoms with Gasteiger partial charge in [-0.2, -0.15) is 0 Å². The molecule has 0 unspecified atom stereocenters. The molecule has 0 bridgehead atoms. The summed E-state index contributed by atoms with van der Waals surface area (Å²) in [6, 6.07) is 4.86. The molecular weight excluding hydrogens is 330 g/mol. The SMILES string of the molecule is COC(=O)c1ccc2c(=O)[nH]c(CN3CC[C@@H]4CCCC[C@H]4C3)nc2c1. The Morgan fingerprint density at radius 3 is 2.88 bits per heavy atom. The second-order valence-electron chi connectivity index (χ2n) is 7.56. The zero-order chi connectivity index (χ0) is 18.1. The van der Waals surface area contributed by atoms with Gasteiger partial charge >= 0.3 is 5.97 Å². The van der Waals surface area contributed by atoms with E-state index in [0.717, 1.165) is 24.9 Å². The van der Waals surface area contributed by atoms with Crippen molar-refractivity contribution in [1.82, 2.24) is 14.9 Å². The molecule has 6 nitrogen and oxygen atoms in total. The Morgan fingerprint density at radius 2 is 2.08 bits per heavy atom. The van der Waals surface area contributed by atoms with Gasteiger partial charge in [-0.3, -0.25) is 9.69 Å². The van der Waals surface area contributed by atoms with Gasteiger partial charge in [0.1, 0.15) is 5.82 Å². The van der Waals surface area contributed by atoms with Crippen LogP contribution in [0.5, 0.6) is 0 Å². The second kappa shape index (κ2) is 7.19. The molecular formula is C20H25N3O3. The average Bonchev–Trinajstić information content (AvgIpc) is 2.67. The molecule has 2 heterocycles. The highest BCUT2D eigenvalue weighted by molar-refractivity contribution is 5.93. The lowest BCUT2D eigenvalue weighted by molar-refractivity contribution is 0.0601. The fraction of sp³-hybridized carbons (Fsp3) is 0.550. The maximum absolute atomic E-state index is 12.4. The van der Waals surface area contributed by atoms with Gasteiger partial charge in [0.15, 0.2) is 0 Å². The number of hydrogen-bond donors (Lipinski definition) is 1. The summed E-state index contributed by atoms with van der Waals surface area (Å²) in [7, 11) is 1.35. The van der Waals surface area contributed by atoms with Crippen molar-refractivity contribution in [2.24, 2.45) is 11.8 Å². The quantitative estimate of drug-likeness (QED) is 0.857. The van der Waals surface area contributed by atoms with Gasteiger partial charge in [0.25, 0.3) is 5.56 Å². The van der Waals surface area contributed by atoms with Crippen molar-refractivity contribution < 1.29 is 9.53 Å². The van der Waals surface area contributed by atoms with E-state index in [1.165, 1.54) is 39.2 Å². The second-order valence-corrected chi connectivity index (χ2v) is 7.56. The van der Waals surface area contributed by atoms with E-state index < -0.39 is 5.97 Å². The third-order valence-corrected chi connectivity index (χ3v) is 5.93. The number of hydrogen-bond acceptors (Lipinski definition) is 5. The van der Waals surface area contributed by atoms with E-state index in [1.54, 1.807) is 18.2 Å². The van der Waals surface area contributed by atoms with Crippen LogP contribution in [0.4, 0.5) is 0 Å². The Bertz CT molecular complexity index is 876. The van der Waals surface area contributed by atoms with Gasteiger partial charge in [-0.1, -0.05) is 19.3 Å². The predicted molar refractivity (Wildman–Crippen MR) is 99.0 cm³/mol. The molecule has 1 saturated heterocycles. The highest BCUT2D eigenvalue weighted by atomic mass is 16.5. The average molecular weight is 355 g/mol. The van der Waals surface area contributed by atoms with Gasteiger partial charge in [0.05, 0.1) is 30.1 Å². The molecule has 1 aliphatic carbocycles. The standard InChI is InChI=1S/C20H25N3O3/c1-26-20(25)14-6-7-16-17(10-14)21-18(22-19(16)24)12-23-9-8-13-4-2-3-5-15(13)11-23/h6-7,10,13,15H,2-5,8-9,11-12H2,1H3,(H,21,22,24)/t13-,15-/m0/s1. The summed E-state index contributed by atoms with van der Waals surface area (Å²) in [5.41, 5.74) is 0.792. The van der Waals surface area contributed by atoms with E-state index in [9.17, 15) is 9.59 Å². The Kier molecular flexibility index (Phi) is 4.76. The fourth-order valence-electron chi connectivity index (χ4n) is 4.54. The third-order valence-electron chi connectivity index (χ3n) is 5.93. The molecule has 2 aliphatic rings. The summed E-state index contributed by atoms with van der Waals surface area (Å²) in [6.07, 6.45) is 6.67. The Balaban J connectivity index is 1.56. The molecule has 0 radical (unpaired) electrons. The number of benzene rings is 1. The Morgan fingerprint density at radius 1 is 1.27 bits per heavy atom. The smallest absolute Gasteiger partial charge is 0.337 e. The molecule has 1 N–H and O–H groups in total. The van der Waals surface area contributed by atoms with Gasteiger partial charge < -0.3 is 9.72 Å². The molecule has 0 spiro atoms.